The minimum absolute atomic E-state index is 0.0278. The van der Waals surface area contributed by atoms with Crippen LogP contribution < -0.4 is 5.32 Å². The van der Waals surface area contributed by atoms with Gasteiger partial charge in [-0.3, -0.25) is 9.78 Å². The van der Waals surface area contributed by atoms with Crippen LogP contribution in [0.1, 0.15) is 23.8 Å². The Labute approximate surface area is 102 Å². The van der Waals surface area contributed by atoms with Crippen LogP contribution in [0.15, 0.2) is 18.3 Å². The van der Waals surface area contributed by atoms with Crippen molar-refractivity contribution in [2.24, 2.45) is 0 Å². The molecule has 0 bridgehead atoms. The first-order valence-electron chi connectivity index (χ1n) is 5.15. The second-order valence-corrected chi connectivity index (χ2v) is 3.58. The summed E-state index contributed by atoms with van der Waals surface area (Å²) >= 11 is 0. The molecule has 1 aromatic rings. The Morgan fingerprint density at radius 3 is 2.56 bits per heavy atom. The van der Waals surface area contributed by atoms with Gasteiger partial charge < -0.3 is 10.1 Å². The number of carbonyl (C=O) groups is 1. The number of methoxy groups -OCH3 is 1. The lowest BCUT2D eigenvalue weighted by molar-refractivity contribution is -0.141. The molecule has 0 spiro atoms. The molecule has 1 aromatic heterocycles. The largest absolute Gasteiger partial charge is 0.433 e. The molecule has 0 saturated heterocycles. The summed E-state index contributed by atoms with van der Waals surface area (Å²) in [5.41, 5.74) is -0.546. The molecule has 100 valence electrons. The molecule has 0 aliphatic heterocycles. The van der Waals surface area contributed by atoms with Gasteiger partial charge in [0.15, 0.2) is 0 Å². The van der Waals surface area contributed by atoms with E-state index in [2.05, 4.69) is 10.3 Å². The maximum atomic E-state index is 12.3. The van der Waals surface area contributed by atoms with Crippen LogP contribution in [0, 0.1) is 0 Å². The number of rotatable bonds is 4. The highest BCUT2D eigenvalue weighted by Crippen LogP contribution is 2.28. The van der Waals surface area contributed by atoms with E-state index in [0.717, 1.165) is 12.3 Å². The topological polar surface area (TPSA) is 51.2 Å². The number of pyridine rings is 1. The number of carbonyl (C=O) groups excluding carboxylic acids is 1. The molecule has 0 aliphatic rings. The number of alkyl halides is 3. The highest BCUT2D eigenvalue weighted by atomic mass is 19.4. The lowest BCUT2D eigenvalue weighted by Crippen LogP contribution is -2.21. The molecule has 1 unspecified atom stereocenters. The minimum Gasteiger partial charge on any atom is -0.376 e. The summed E-state index contributed by atoms with van der Waals surface area (Å²) in [6, 6.07) is 2.12. The molecule has 0 radical (unpaired) electrons. The predicted molar refractivity (Wildman–Crippen MR) is 57.7 cm³/mol. The smallest absolute Gasteiger partial charge is 0.376 e. The molecule has 1 N–H and O–H groups in total. The molecule has 0 saturated carbocycles. The first-order chi connectivity index (χ1) is 8.38. The third-order valence-electron chi connectivity index (χ3n) is 2.38. The Kier molecular flexibility index (Phi) is 4.66. The van der Waals surface area contributed by atoms with Crippen molar-refractivity contribution in [2.75, 3.05) is 14.2 Å². The fourth-order valence-corrected chi connectivity index (χ4v) is 1.37. The molecule has 1 amide bonds. The summed E-state index contributed by atoms with van der Waals surface area (Å²) < 4.78 is 42.0. The van der Waals surface area contributed by atoms with Crippen LogP contribution in [0.2, 0.25) is 0 Å². The normalized spacial score (nSPS) is 13.2. The SMILES string of the molecule is CNC(=O)CC(OC)c1ccc(C(F)(F)F)nc1. The van der Waals surface area contributed by atoms with Crippen LogP contribution in [0.3, 0.4) is 0 Å². The molecule has 0 fully saturated rings. The summed E-state index contributed by atoms with van der Waals surface area (Å²) in [6.07, 6.45) is -3.98. The lowest BCUT2D eigenvalue weighted by Gasteiger charge is -2.15. The molecule has 4 nitrogen and oxygen atoms in total. The standard InChI is InChI=1S/C11H13F3N2O2/c1-15-10(17)5-8(18-2)7-3-4-9(16-6-7)11(12,13)14/h3-4,6,8H,5H2,1-2H3,(H,15,17). The second kappa shape index (κ2) is 5.81. The van der Waals surface area contributed by atoms with Crippen molar-refractivity contribution >= 4 is 5.91 Å². The van der Waals surface area contributed by atoms with Gasteiger partial charge in [-0.25, -0.2) is 0 Å². The van der Waals surface area contributed by atoms with Gasteiger partial charge in [-0.2, -0.15) is 13.2 Å². The molecule has 1 rings (SSSR count). The van der Waals surface area contributed by atoms with E-state index in [1.54, 1.807) is 0 Å². The van der Waals surface area contributed by atoms with Crippen molar-refractivity contribution in [3.05, 3.63) is 29.6 Å². The summed E-state index contributed by atoms with van der Waals surface area (Å²) in [5.74, 6) is -0.262. The molecule has 0 aliphatic carbocycles. The molecular formula is C11H13F3N2O2. The Bertz CT molecular complexity index is 404. The summed E-state index contributed by atoms with van der Waals surface area (Å²) in [6.45, 7) is 0. The van der Waals surface area contributed by atoms with Crippen molar-refractivity contribution in [1.82, 2.24) is 10.3 Å². The maximum absolute atomic E-state index is 12.3. The maximum Gasteiger partial charge on any atom is 0.433 e. The molecule has 1 heterocycles. The summed E-state index contributed by atoms with van der Waals surface area (Å²) in [4.78, 5) is 14.5. The minimum atomic E-state index is -4.47. The van der Waals surface area contributed by atoms with Gasteiger partial charge >= 0.3 is 6.18 Å². The molecule has 18 heavy (non-hydrogen) atoms. The number of hydrogen-bond donors (Lipinski definition) is 1. The Hall–Kier alpha value is -1.63. The van der Waals surface area contributed by atoms with E-state index in [9.17, 15) is 18.0 Å². The van der Waals surface area contributed by atoms with Crippen molar-refractivity contribution < 1.29 is 22.7 Å². The average Bonchev–Trinajstić information content (AvgIpc) is 2.34. The number of halogens is 3. The third-order valence-corrected chi connectivity index (χ3v) is 2.38. The van der Waals surface area contributed by atoms with Crippen LogP contribution >= 0.6 is 0 Å². The van der Waals surface area contributed by atoms with Gasteiger partial charge in [-0.05, 0) is 11.6 Å². The van der Waals surface area contributed by atoms with Gasteiger partial charge in [0.2, 0.25) is 5.91 Å². The van der Waals surface area contributed by atoms with E-state index in [1.807, 2.05) is 0 Å². The number of aromatic nitrogens is 1. The van der Waals surface area contributed by atoms with Crippen LogP contribution in [0.5, 0.6) is 0 Å². The van der Waals surface area contributed by atoms with E-state index < -0.39 is 18.0 Å². The lowest BCUT2D eigenvalue weighted by atomic mass is 10.1. The Morgan fingerprint density at radius 1 is 1.50 bits per heavy atom. The third kappa shape index (κ3) is 3.69. The van der Waals surface area contributed by atoms with Crippen molar-refractivity contribution in [3.63, 3.8) is 0 Å². The quantitative estimate of drug-likeness (QED) is 0.902. The second-order valence-electron chi connectivity index (χ2n) is 3.58. The van der Waals surface area contributed by atoms with Gasteiger partial charge in [-0.15, -0.1) is 0 Å². The van der Waals surface area contributed by atoms with Crippen LogP contribution in [0.4, 0.5) is 13.2 Å². The van der Waals surface area contributed by atoms with Crippen molar-refractivity contribution in [1.29, 1.82) is 0 Å². The number of amides is 1. The average molecular weight is 262 g/mol. The Balaban J connectivity index is 2.85. The zero-order valence-electron chi connectivity index (χ0n) is 9.91. The fourth-order valence-electron chi connectivity index (χ4n) is 1.37. The molecule has 0 aromatic carbocycles. The van der Waals surface area contributed by atoms with Crippen molar-refractivity contribution in [3.8, 4) is 0 Å². The van der Waals surface area contributed by atoms with E-state index in [1.165, 1.54) is 20.2 Å². The zero-order valence-corrected chi connectivity index (χ0v) is 9.91. The van der Waals surface area contributed by atoms with Gasteiger partial charge in [0.25, 0.3) is 0 Å². The van der Waals surface area contributed by atoms with Gasteiger partial charge in [0.05, 0.1) is 12.5 Å². The zero-order chi connectivity index (χ0) is 13.8. The molecular weight excluding hydrogens is 249 g/mol. The number of hydrogen-bond acceptors (Lipinski definition) is 3. The monoisotopic (exact) mass is 262 g/mol. The predicted octanol–water partition coefficient (Wildman–Crippen LogP) is 1.92. The molecule has 1 atom stereocenters. The van der Waals surface area contributed by atoms with Crippen LogP contribution in [-0.4, -0.2) is 25.0 Å². The summed E-state index contributed by atoms with van der Waals surface area (Å²) in [7, 11) is 2.85. The number of nitrogens with one attached hydrogen (secondary N) is 1. The fraction of sp³-hybridized carbons (Fsp3) is 0.455. The summed E-state index contributed by atoms with van der Waals surface area (Å²) in [5, 5.41) is 2.42. The highest BCUT2D eigenvalue weighted by molar-refractivity contribution is 5.76. The van der Waals surface area contributed by atoms with Gasteiger partial charge in [0, 0.05) is 20.4 Å². The van der Waals surface area contributed by atoms with Crippen molar-refractivity contribution in [2.45, 2.75) is 18.7 Å². The van der Waals surface area contributed by atoms with Gasteiger partial charge in [0.1, 0.15) is 5.69 Å². The van der Waals surface area contributed by atoms with E-state index in [-0.39, 0.29) is 12.3 Å². The van der Waals surface area contributed by atoms with E-state index in [0.29, 0.717) is 5.56 Å². The van der Waals surface area contributed by atoms with Crippen LogP contribution in [-0.2, 0) is 15.7 Å². The first-order valence-corrected chi connectivity index (χ1v) is 5.15. The first kappa shape index (κ1) is 14.4. The Morgan fingerprint density at radius 2 is 2.17 bits per heavy atom. The van der Waals surface area contributed by atoms with E-state index >= 15 is 0 Å². The number of nitrogens with zero attached hydrogens (tertiary/aromatic N) is 1. The van der Waals surface area contributed by atoms with Gasteiger partial charge in [-0.1, -0.05) is 6.07 Å². The number of ether oxygens (including phenoxy) is 1. The highest BCUT2D eigenvalue weighted by Gasteiger charge is 2.32. The van der Waals surface area contributed by atoms with Crippen LogP contribution in [0.25, 0.3) is 0 Å². The molecule has 7 heteroatoms. The van der Waals surface area contributed by atoms with E-state index in [4.69, 9.17) is 4.74 Å².